The summed E-state index contributed by atoms with van der Waals surface area (Å²) in [5.74, 6) is 3.69. The van der Waals surface area contributed by atoms with E-state index in [4.69, 9.17) is 19.4 Å². The van der Waals surface area contributed by atoms with Crippen LogP contribution in [0.15, 0.2) is 149 Å². The van der Waals surface area contributed by atoms with Crippen LogP contribution in [-0.2, 0) is 5.41 Å². The number of hydrogen-bond acceptors (Lipinski definition) is 4. The van der Waals surface area contributed by atoms with Crippen molar-refractivity contribution in [3.8, 4) is 11.4 Å². The monoisotopic (exact) mass is 698 g/mol. The lowest BCUT2D eigenvalue weighted by Crippen LogP contribution is -2.18. The van der Waals surface area contributed by atoms with Gasteiger partial charge in [0.1, 0.15) is 22.8 Å². The lowest BCUT2D eigenvalue weighted by molar-refractivity contribution is 0.638. The SMILES string of the molecule is CC1(C)C2=C(c3cc4c(cc31)oc1ccccc14)C1CC1C(C1=CC=CC(c3nc(-c4cccc5c4[nH]c4ccccc45)nc(C4C=CC=CC4)n3)C1)=C2. The van der Waals surface area contributed by atoms with Crippen LogP contribution in [0.3, 0.4) is 0 Å². The number of hydrogen-bond donors (Lipinski definition) is 1. The molecule has 1 N–H and O–H groups in total. The van der Waals surface area contributed by atoms with Gasteiger partial charge in [-0.05, 0) is 94.8 Å². The van der Waals surface area contributed by atoms with Gasteiger partial charge in [0.05, 0.1) is 5.52 Å². The average Bonchev–Trinajstić information content (AvgIpc) is 3.72. The number of allylic oxidation sites excluding steroid dienone is 12. The van der Waals surface area contributed by atoms with Gasteiger partial charge in [-0.3, -0.25) is 0 Å². The molecule has 7 aromatic rings. The number of rotatable bonds is 4. The topological polar surface area (TPSA) is 67.6 Å². The molecule has 12 rings (SSSR count). The molecule has 260 valence electrons. The lowest BCUT2D eigenvalue weighted by Gasteiger charge is -2.27. The van der Waals surface area contributed by atoms with Gasteiger partial charge in [-0.15, -0.1) is 0 Å². The minimum atomic E-state index is -0.106. The molecule has 4 aromatic carbocycles. The van der Waals surface area contributed by atoms with E-state index in [0.29, 0.717) is 11.8 Å². The van der Waals surface area contributed by atoms with E-state index in [9.17, 15) is 0 Å². The van der Waals surface area contributed by atoms with Crippen LogP contribution in [0.1, 0.15) is 67.7 Å². The van der Waals surface area contributed by atoms with E-state index >= 15 is 0 Å². The second-order valence-electron chi connectivity index (χ2n) is 16.3. The molecule has 3 heterocycles. The Bertz CT molecular complexity index is 2980. The molecule has 0 spiro atoms. The van der Waals surface area contributed by atoms with Crippen LogP contribution in [0.5, 0.6) is 0 Å². The first kappa shape index (κ1) is 30.4. The molecule has 4 atom stereocenters. The standard InChI is InChI=1S/C49H38N4O/c1-49(2)39-26-43-36(31-17-7-9-21-42(31)54-43)24-38(39)44-37-23-35(37)34(25-40(44)49)28-14-10-15-29(22-28)47-51-46(27-12-4-3-5-13-27)52-48(53-47)33-19-11-18-32-30-16-6-8-20-41(30)50-45(32)33/h3-12,14-21,24-27,29,35,37,50H,13,22-23H2,1-2H3. The van der Waals surface area contributed by atoms with Gasteiger partial charge >= 0.3 is 0 Å². The predicted octanol–water partition coefficient (Wildman–Crippen LogP) is 12.0. The molecule has 1 saturated carbocycles. The van der Waals surface area contributed by atoms with Crippen LogP contribution >= 0.6 is 0 Å². The zero-order chi connectivity index (χ0) is 35.7. The van der Waals surface area contributed by atoms with Crippen LogP contribution in [-0.4, -0.2) is 19.9 Å². The first-order valence-corrected chi connectivity index (χ1v) is 19.4. The Morgan fingerprint density at radius 2 is 1.54 bits per heavy atom. The Morgan fingerprint density at radius 1 is 0.722 bits per heavy atom. The van der Waals surface area contributed by atoms with Gasteiger partial charge in [-0.25, -0.2) is 15.0 Å². The van der Waals surface area contributed by atoms with Crippen molar-refractivity contribution >= 4 is 49.3 Å². The van der Waals surface area contributed by atoms with E-state index < -0.39 is 0 Å². The van der Waals surface area contributed by atoms with Crippen molar-refractivity contribution in [2.75, 3.05) is 0 Å². The fraction of sp³-hybridized carbons (Fsp3) is 0.204. The number of fused-ring (bicyclic) bond motifs is 10. The van der Waals surface area contributed by atoms with E-state index in [0.717, 1.165) is 58.1 Å². The molecule has 5 nitrogen and oxygen atoms in total. The maximum absolute atomic E-state index is 6.37. The van der Waals surface area contributed by atoms with Crippen LogP contribution in [0.2, 0.25) is 0 Å². The minimum absolute atomic E-state index is 0.0537. The molecular formula is C49H38N4O. The molecule has 3 aromatic heterocycles. The summed E-state index contributed by atoms with van der Waals surface area (Å²) in [6.45, 7) is 4.79. The highest BCUT2D eigenvalue weighted by Crippen LogP contribution is 2.65. The maximum atomic E-state index is 6.37. The fourth-order valence-electron chi connectivity index (χ4n) is 10.0. The quantitative estimate of drug-likeness (QED) is 0.199. The van der Waals surface area contributed by atoms with Crippen molar-refractivity contribution in [3.63, 3.8) is 0 Å². The Kier molecular flexibility index (Phi) is 6.18. The summed E-state index contributed by atoms with van der Waals surface area (Å²) < 4.78 is 6.37. The number of nitrogens with one attached hydrogen (secondary N) is 1. The van der Waals surface area contributed by atoms with Gasteiger partial charge in [0.25, 0.3) is 0 Å². The molecule has 0 aliphatic heterocycles. The molecule has 4 unspecified atom stereocenters. The highest BCUT2D eigenvalue weighted by molar-refractivity contribution is 6.11. The zero-order valence-electron chi connectivity index (χ0n) is 30.3. The van der Waals surface area contributed by atoms with Gasteiger partial charge in [0.2, 0.25) is 0 Å². The highest BCUT2D eigenvalue weighted by Gasteiger charge is 2.52. The number of para-hydroxylation sites is 3. The van der Waals surface area contributed by atoms with Gasteiger partial charge in [0.15, 0.2) is 5.82 Å². The summed E-state index contributed by atoms with van der Waals surface area (Å²) in [7, 11) is 0. The Morgan fingerprint density at radius 3 is 2.43 bits per heavy atom. The summed E-state index contributed by atoms with van der Waals surface area (Å²) in [5.41, 5.74) is 13.8. The predicted molar refractivity (Wildman–Crippen MR) is 218 cm³/mol. The highest BCUT2D eigenvalue weighted by atomic mass is 16.3. The smallest absolute Gasteiger partial charge is 0.165 e. The fourth-order valence-corrected chi connectivity index (χ4v) is 10.0. The van der Waals surface area contributed by atoms with E-state index in [-0.39, 0.29) is 17.3 Å². The second kappa shape index (κ2) is 11.0. The third-order valence-corrected chi connectivity index (χ3v) is 12.9. The largest absolute Gasteiger partial charge is 0.456 e. The Labute approximate surface area is 313 Å². The van der Waals surface area contributed by atoms with Gasteiger partial charge in [-0.2, -0.15) is 0 Å². The summed E-state index contributed by atoms with van der Waals surface area (Å²) >= 11 is 0. The molecule has 54 heavy (non-hydrogen) atoms. The number of benzene rings is 4. The maximum Gasteiger partial charge on any atom is 0.165 e. The lowest BCUT2D eigenvalue weighted by atomic mass is 9.76. The minimum Gasteiger partial charge on any atom is -0.456 e. The Balaban J connectivity index is 0.933. The number of aromatic amines is 1. The van der Waals surface area contributed by atoms with E-state index in [1.165, 1.54) is 55.8 Å². The third kappa shape index (κ3) is 4.35. The summed E-state index contributed by atoms with van der Waals surface area (Å²) in [4.78, 5) is 19.4. The molecule has 1 fully saturated rings. The number of furan rings is 1. The molecule has 0 radical (unpaired) electrons. The van der Waals surface area contributed by atoms with Gasteiger partial charge in [0, 0.05) is 49.9 Å². The normalized spacial score (nSPS) is 23.6. The van der Waals surface area contributed by atoms with Crippen LogP contribution in [0.4, 0.5) is 0 Å². The first-order valence-electron chi connectivity index (χ1n) is 19.4. The van der Waals surface area contributed by atoms with Crippen molar-refractivity contribution in [2.24, 2.45) is 11.8 Å². The number of aromatic nitrogens is 4. The number of nitrogens with zero attached hydrogens (tertiary/aromatic N) is 3. The van der Waals surface area contributed by atoms with Crippen molar-refractivity contribution < 1.29 is 4.42 Å². The van der Waals surface area contributed by atoms with E-state index in [2.05, 4.69) is 146 Å². The molecule has 0 saturated heterocycles. The third-order valence-electron chi connectivity index (χ3n) is 12.9. The van der Waals surface area contributed by atoms with Crippen LogP contribution in [0.25, 0.3) is 60.7 Å². The molecular weight excluding hydrogens is 661 g/mol. The average molecular weight is 699 g/mol. The van der Waals surface area contributed by atoms with Crippen molar-refractivity contribution in [3.05, 3.63) is 167 Å². The van der Waals surface area contributed by atoms with Crippen LogP contribution < -0.4 is 0 Å². The molecule has 5 heteroatoms. The second-order valence-corrected chi connectivity index (χ2v) is 16.3. The van der Waals surface area contributed by atoms with Crippen molar-refractivity contribution in [1.82, 2.24) is 19.9 Å². The summed E-state index contributed by atoms with van der Waals surface area (Å²) in [6.07, 6.45) is 21.1. The van der Waals surface area contributed by atoms with Crippen molar-refractivity contribution in [1.29, 1.82) is 0 Å². The van der Waals surface area contributed by atoms with E-state index in [1.807, 2.05) is 0 Å². The number of H-pyrrole nitrogens is 1. The molecule has 0 bridgehead atoms. The van der Waals surface area contributed by atoms with Gasteiger partial charge < -0.3 is 9.40 Å². The molecule has 5 aliphatic rings. The Hall–Kier alpha value is -6.07. The van der Waals surface area contributed by atoms with Gasteiger partial charge in [-0.1, -0.05) is 111 Å². The summed E-state index contributed by atoms with van der Waals surface area (Å²) in [6, 6.07) is 28.1. The van der Waals surface area contributed by atoms with E-state index in [1.54, 1.807) is 5.57 Å². The van der Waals surface area contributed by atoms with Crippen molar-refractivity contribution in [2.45, 2.75) is 50.4 Å². The molecule has 0 amide bonds. The zero-order valence-corrected chi connectivity index (χ0v) is 30.3. The summed E-state index contributed by atoms with van der Waals surface area (Å²) in [5, 5.41) is 4.82. The van der Waals surface area contributed by atoms with Crippen LogP contribution in [0, 0.1) is 11.8 Å². The molecule has 5 aliphatic carbocycles. The first-order chi connectivity index (χ1) is 26.5.